The van der Waals surface area contributed by atoms with Crippen LogP contribution >= 0.6 is 0 Å². The molecule has 220 valence electrons. The molecule has 0 fully saturated rings. The first-order valence-electron chi connectivity index (χ1n) is 15.0. The van der Waals surface area contributed by atoms with Crippen molar-refractivity contribution < 1.29 is 13.0 Å². The summed E-state index contributed by atoms with van der Waals surface area (Å²) in [6.45, 7) is 7.60. The number of benzene rings is 3. The Bertz CT molecular complexity index is 1230. The first kappa shape index (κ1) is 33.7. The second-order valence-corrected chi connectivity index (χ2v) is 13.0. The largest absolute Gasteiger partial charge is 0.744 e. The van der Waals surface area contributed by atoms with Gasteiger partial charge in [-0.3, -0.25) is 4.48 Å². The zero-order chi connectivity index (χ0) is 29.4. The van der Waals surface area contributed by atoms with Crippen LogP contribution in [0.25, 0.3) is 0 Å². The second kappa shape index (κ2) is 17.4. The molecular formula is C35H51NO3S. The number of quaternary nitrogens is 1. The Morgan fingerprint density at radius 2 is 1.27 bits per heavy atom. The van der Waals surface area contributed by atoms with Crippen molar-refractivity contribution in [3.63, 3.8) is 0 Å². The zero-order valence-electron chi connectivity index (χ0n) is 25.5. The third-order valence-corrected chi connectivity index (χ3v) is 8.41. The molecule has 0 amide bonds. The molecule has 0 aliphatic carbocycles. The molecule has 3 aromatic rings. The number of hydrogen-bond acceptors (Lipinski definition) is 3. The molecule has 40 heavy (non-hydrogen) atoms. The van der Waals surface area contributed by atoms with Crippen LogP contribution in [0.2, 0.25) is 0 Å². The summed E-state index contributed by atoms with van der Waals surface area (Å²) in [7, 11) is 0.217. The Kier molecular flexibility index (Phi) is 14.6. The summed E-state index contributed by atoms with van der Waals surface area (Å²) >= 11 is 0. The van der Waals surface area contributed by atoms with Gasteiger partial charge in [0, 0.05) is 11.6 Å². The number of aryl methyl sites for hydroxylation is 3. The Morgan fingerprint density at radius 3 is 1.82 bits per heavy atom. The Balaban J connectivity index is 0.000000285. The van der Waals surface area contributed by atoms with Gasteiger partial charge in [-0.2, -0.15) is 0 Å². The molecule has 0 aromatic heterocycles. The lowest BCUT2D eigenvalue weighted by atomic mass is 10.0. The third kappa shape index (κ3) is 12.8. The first-order chi connectivity index (χ1) is 19.0. The van der Waals surface area contributed by atoms with E-state index < -0.39 is 10.1 Å². The predicted molar refractivity (Wildman–Crippen MR) is 170 cm³/mol. The molecule has 0 spiro atoms. The monoisotopic (exact) mass is 565 g/mol. The molecule has 0 heterocycles. The summed E-state index contributed by atoms with van der Waals surface area (Å²) in [6, 6.07) is 23.7. The van der Waals surface area contributed by atoms with E-state index in [0.717, 1.165) is 29.4 Å². The average molecular weight is 566 g/mol. The van der Waals surface area contributed by atoms with Crippen molar-refractivity contribution in [2.24, 2.45) is 0 Å². The van der Waals surface area contributed by atoms with Gasteiger partial charge >= 0.3 is 0 Å². The molecule has 0 aliphatic heterocycles. The van der Waals surface area contributed by atoms with Crippen LogP contribution in [0, 0.1) is 13.8 Å². The maximum Gasteiger partial charge on any atom is 0.132 e. The van der Waals surface area contributed by atoms with E-state index in [4.69, 9.17) is 0 Å². The summed E-state index contributed by atoms with van der Waals surface area (Å²) in [5, 5.41) is 0. The van der Waals surface area contributed by atoms with Gasteiger partial charge in [-0.15, -0.1) is 0 Å². The molecule has 5 heteroatoms. The van der Waals surface area contributed by atoms with Gasteiger partial charge in [0.1, 0.15) is 22.4 Å². The van der Waals surface area contributed by atoms with Crippen LogP contribution in [-0.2, 0) is 23.1 Å². The highest BCUT2D eigenvalue weighted by Crippen LogP contribution is 2.24. The van der Waals surface area contributed by atoms with Crippen LogP contribution in [0.5, 0.6) is 0 Å². The molecule has 3 rings (SSSR count). The van der Waals surface area contributed by atoms with Gasteiger partial charge in [-0.25, -0.2) is 8.42 Å². The van der Waals surface area contributed by atoms with Crippen LogP contribution in [0.1, 0.15) is 93.4 Å². The van der Waals surface area contributed by atoms with Crippen LogP contribution in [0.3, 0.4) is 0 Å². The molecule has 0 atom stereocenters. The fraction of sp³-hybridized carbons (Fsp3) is 0.486. The molecule has 0 N–H and O–H groups in total. The topological polar surface area (TPSA) is 57.2 Å². The van der Waals surface area contributed by atoms with E-state index in [1.807, 2.05) is 0 Å². The molecule has 0 unspecified atom stereocenters. The minimum atomic E-state index is -4.31. The molecule has 3 aromatic carbocycles. The number of unbranched alkanes of at least 4 members (excludes halogenated alkanes) is 9. The SMILES string of the molecule is CCCCCCCCCCCCc1ccc(S(=O)(=O)[O-])cc1.Cc1cccc([N+](C)(C)Cc2ccccc2C)c1. The standard InChI is InChI=1S/C18H30O3S.C17H22N/c1-2-3-4-5-6-7-8-9-10-11-12-17-13-15-18(16-14-17)22(19,20)21;1-14-8-7-11-17(12-14)18(3,4)13-16-10-6-5-9-15(16)2/h13-16H,2-12H2,1H3,(H,19,20,21);5-12H,13H2,1-4H3/q;+1/p-1. The summed E-state index contributed by atoms with van der Waals surface area (Å²) in [5.41, 5.74) is 6.58. The smallest absolute Gasteiger partial charge is 0.132 e. The highest BCUT2D eigenvalue weighted by molar-refractivity contribution is 7.85. The van der Waals surface area contributed by atoms with E-state index in [2.05, 4.69) is 83.4 Å². The average Bonchev–Trinajstić information content (AvgIpc) is 2.91. The maximum absolute atomic E-state index is 10.8. The summed E-state index contributed by atoms with van der Waals surface area (Å²) in [5.74, 6) is 0. The number of rotatable bonds is 15. The number of nitrogens with zero attached hydrogens (tertiary/aromatic N) is 1. The third-order valence-electron chi connectivity index (χ3n) is 7.56. The van der Waals surface area contributed by atoms with Crippen molar-refractivity contribution >= 4 is 15.8 Å². The predicted octanol–water partition coefficient (Wildman–Crippen LogP) is 9.12. The van der Waals surface area contributed by atoms with E-state index >= 15 is 0 Å². The highest BCUT2D eigenvalue weighted by atomic mass is 32.2. The van der Waals surface area contributed by atoms with E-state index in [9.17, 15) is 13.0 Å². The molecular weight excluding hydrogens is 514 g/mol. The Morgan fingerprint density at radius 1 is 0.700 bits per heavy atom. The summed E-state index contributed by atoms with van der Waals surface area (Å²) < 4.78 is 33.4. The van der Waals surface area contributed by atoms with Gasteiger partial charge in [-0.05, 0) is 61.6 Å². The maximum atomic E-state index is 10.8. The number of hydrogen-bond donors (Lipinski definition) is 0. The van der Waals surface area contributed by atoms with Crippen LogP contribution in [0.15, 0.2) is 77.7 Å². The highest BCUT2D eigenvalue weighted by Gasteiger charge is 2.20. The van der Waals surface area contributed by atoms with Gasteiger partial charge in [0.2, 0.25) is 0 Å². The van der Waals surface area contributed by atoms with Crippen molar-refractivity contribution in [3.8, 4) is 0 Å². The molecule has 0 bridgehead atoms. The zero-order valence-corrected chi connectivity index (χ0v) is 26.3. The lowest BCUT2D eigenvalue weighted by Crippen LogP contribution is -2.39. The fourth-order valence-electron chi connectivity index (χ4n) is 4.95. The lowest BCUT2D eigenvalue weighted by Gasteiger charge is -2.30. The molecule has 0 aliphatic rings. The van der Waals surface area contributed by atoms with Gasteiger partial charge in [0.15, 0.2) is 0 Å². The van der Waals surface area contributed by atoms with Gasteiger partial charge in [-0.1, -0.05) is 113 Å². The van der Waals surface area contributed by atoms with Gasteiger partial charge < -0.3 is 4.55 Å². The van der Waals surface area contributed by atoms with E-state index in [0.29, 0.717) is 0 Å². The Labute approximate surface area is 244 Å². The Hall–Kier alpha value is -2.47. The van der Waals surface area contributed by atoms with Crippen LogP contribution in [0.4, 0.5) is 5.69 Å². The van der Waals surface area contributed by atoms with Crippen molar-refractivity contribution in [2.45, 2.75) is 103 Å². The van der Waals surface area contributed by atoms with Crippen molar-refractivity contribution in [2.75, 3.05) is 14.1 Å². The van der Waals surface area contributed by atoms with E-state index in [1.54, 1.807) is 12.1 Å². The van der Waals surface area contributed by atoms with Gasteiger partial charge in [0.05, 0.1) is 19.0 Å². The molecule has 4 nitrogen and oxygen atoms in total. The van der Waals surface area contributed by atoms with Crippen molar-refractivity contribution in [1.29, 1.82) is 0 Å². The summed E-state index contributed by atoms with van der Waals surface area (Å²) in [4.78, 5) is -0.140. The molecule has 0 saturated carbocycles. The quantitative estimate of drug-likeness (QED) is 0.105. The van der Waals surface area contributed by atoms with Crippen LogP contribution in [-0.4, -0.2) is 27.1 Å². The lowest BCUT2D eigenvalue weighted by molar-refractivity contribution is 0.391. The minimum absolute atomic E-state index is 0.140. The van der Waals surface area contributed by atoms with Crippen molar-refractivity contribution in [1.82, 2.24) is 4.48 Å². The van der Waals surface area contributed by atoms with E-state index in [1.165, 1.54) is 92.3 Å². The van der Waals surface area contributed by atoms with Crippen molar-refractivity contribution in [3.05, 3.63) is 95.1 Å². The van der Waals surface area contributed by atoms with Crippen LogP contribution < -0.4 is 4.48 Å². The van der Waals surface area contributed by atoms with E-state index in [-0.39, 0.29) is 4.90 Å². The molecule has 0 radical (unpaired) electrons. The first-order valence-corrected chi connectivity index (χ1v) is 16.4. The summed E-state index contributed by atoms with van der Waals surface area (Å²) in [6.07, 6.45) is 14.0. The minimum Gasteiger partial charge on any atom is -0.744 e. The molecule has 0 saturated heterocycles. The normalized spacial score (nSPS) is 11.7. The fourth-order valence-corrected chi connectivity index (χ4v) is 5.42. The van der Waals surface area contributed by atoms with Gasteiger partial charge in [0.25, 0.3) is 0 Å². The second-order valence-electron chi connectivity index (χ2n) is 11.6.